The number of halogens is 1. The number of nitrogens with two attached hydrogens (primary N) is 1. The molecule has 5 heteroatoms. The van der Waals surface area contributed by atoms with Crippen LogP contribution in [0.25, 0.3) is 0 Å². The van der Waals surface area contributed by atoms with Gasteiger partial charge in [0.2, 0.25) is 0 Å². The largest absolute Gasteiger partial charge is 0.396 e. The third-order valence-corrected chi connectivity index (χ3v) is 2.33. The number of rotatable bonds is 4. The first-order chi connectivity index (χ1) is 7.00. The Balaban J connectivity index is 2.72. The summed E-state index contributed by atoms with van der Waals surface area (Å²) in [6.45, 7) is 1.81. The van der Waals surface area contributed by atoms with Crippen LogP contribution in [0.15, 0.2) is 12.1 Å². The molecule has 84 valence electrons. The summed E-state index contributed by atoms with van der Waals surface area (Å²) >= 11 is 5.82. The van der Waals surface area contributed by atoms with Gasteiger partial charge in [0.25, 0.3) is 0 Å². The summed E-state index contributed by atoms with van der Waals surface area (Å²) in [6, 6.07) is 3.47. The van der Waals surface area contributed by atoms with Crippen molar-refractivity contribution < 1.29 is 0 Å². The minimum atomic E-state index is 0.468. The number of nitrogen functional groups attached to an aromatic ring is 1. The maximum atomic E-state index is 5.82. The highest BCUT2D eigenvalue weighted by Crippen LogP contribution is 2.21. The molecule has 1 rings (SSSR count). The van der Waals surface area contributed by atoms with E-state index in [1.165, 1.54) is 0 Å². The van der Waals surface area contributed by atoms with Crippen LogP contribution in [0.5, 0.6) is 0 Å². The topological polar surface area (TPSA) is 45.4 Å². The molecule has 0 radical (unpaired) electrons. The molecule has 15 heavy (non-hydrogen) atoms. The minimum Gasteiger partial charge on any atom is -0.396 e. The van der Waals surface area contributed by atoms with Gasteiger partial charge in [0.1, 0.15) is 5.15 Å². The molecule has 0 amide bonds. The smallest absolute Gasteiger partial charge is 0.153 e. The second-order valence-electron chi connectivity index (χ2n) is 3.77. The normalized spacial score (nSPS) is 10.7. The van der Waals surface area contributed by atoms with Crippen LogP contribution in [0.4, 0.5) is 11.5 Å². The van der Waals surface area contributed by atoms with E-state index >= 15 is 0 Å². The monoisotopic (exact) mass is 228 g/mol. The van der Waals surface area contributed by atoms with Gasteiger partial charge in [-0.1, -0.05) is 11.6 Å². The van der Waals surface area contributed by atoms with Gasteiger partial charge in [0.15, 0.2) is 5.82 Å². The standard InChI is InChI=1S/C10H17ClN4/c1-14(2)6-7-15(3)10-8(12)4-5-9(11)13-10/h4-5H,6-7,12H2,1-3H3. The molecule has 0 atom stereocenters. The minimum absolute atomic E-state index is 0.468. The van der Waals surface area contributed by atoms with Crippen molar-refractivity contribution in [2.45, 2.75) is 0 Å². The maximum absolute atomic E-state index is 5.82. The molecular weight excluding hydrogens is 212 g/mol. The Hall–Kier alpha value is -1.00. The molecule has 0 aliphatic rings. The average Bonchev–Trinajstić information content (AvgIpc) is 2.18. The molecular formula is C10H17ClN4. The van der Waals surface area contributed by atoms with Gasteiger partial charge >= 0.3 is 0 Å². The summed E-state index contributed by atoms with van der Waals surface area (Å²) in [7, 11) is 6.02. The summed E-state index contributed by atoms with van der Waals surface area (Å²) in [5.74, 6) is 0.740. The zero-order chi connectivity index (χ0) is 11.4. The van der Waals surface area contributed by atoms with Crippen molar-refractivity contribution in [1.82, 2.24) is 9.88 Å². The zero-order valence-corrected chi connectivity index (χ0v) is 10.1. The first-order valence-corrected chi connectivity index (χ1v) is 5.16. The lowest BCUT2D eigenvalue weighted by Crippen LogP contribution is -2.29. The van der Waals surface area contributed by atoms with Crippen LogP contribution in [0.2, 0.25) is 5.15 Å². The fraction of sp³-hybridized carbons (Fsp3) is 0.500. The molecule has 0 saturated heterocycles. The highest BCUT2D eigenvalue weighted by Gasteiger charge is 2.07. The van der Waals surface area contributed by atoms with E-state index in [1.54, 1.807) is 12.1 Å². The SMILES string of the molecule is CN(C)CCN(C)c1nc(Cl)ccc1N. The number of nitrogens with zero attached hydrogens (tertiary/aromatic N) is 3. The molecule has 0 aliphatic carbocycles. The molecule has 4 nitrogen and oxygen atoms in total. The van der Waals surface area contributed by atoms with Crippen molar-refractivity contribution in [1.29, 1.82) is 0 Å². The van der Waals surface area contributed by atoms with Crippen molar-refractivity contribution >= 4 is 23.1 Å². The van der Waals surface area contributed by atoms with Crippen molar-refractivity contribution in [2.75, 3.05) is 44.9 Å². The molecule has 0 unspecified atom stereocenters. The fourth-order valence-electron chi connectivity index (χ4n) is 1.20. The van der Waals surface area contributed by atoms with Crippen molar-refractivity contribution in [3.63, 3.8) is 0 Å². The second kappa shape index (κ2) is 5.19. The molecule has 1 aromatic rings. The molecule has 0 aliphatic heterocycles. The Morgan fingerprint density at radius 3 is 2.53 bits per heavy atom. The maximum Gasteiger partial charge on any atom is 0.153 e. The van der Waals surface area contributed by atoms with Crippen LogP contribution in [0.3, 0.4) is 0 Å². The van der Waals surface area contributed by atoms with E-state index < -0.39 is 0 Å². The Bertz CT molecular complexity index is 327. The van der Waals surface area contributed by atoms with Gasteiger partial charge < -0.3 is 15.5 Å². The quantitative estimate of drug-likeness (QED) is 0.790. The van der Waals surface area contributed by atoms with Gasteiger partial charge in [-0.05, 0) is 26.2 Å². The Morgan fingerprint density at radius 1 is 1.27 bits per heavy atom. The lowest BCUT2D eigenvalue weighted by molar-refractivity contribution is 0.416. The number of likely N-dealkylation sites (N-methyl/N-ethyl adjacent to an activating group) is 2. The van der Waals surface area contributed by atoms with E-state index in [1.807, 2.05) is 26.0 Å². The molecule has 0 bridgehead atoms. The van der Waals surface area contributed by atoms with Crippen LogP contribution < -0.4 is 10.6 Å². The number of hydrogen-bond acceptors (Lipinski definition) is 4. The molecule has 0 spiro atoms. The molecule has 0 fully saturated rings. The van der Waals surface area contributed by atoms with E-state index in [9.17, 15) is 0 Å². The zero-order valence-electron chi connectivity index (χ0n) is 9.37. The Morgan fingerprint density at radius 2 is 1.93 bits per heavy atom. The van der Waals surface area contributed by atoms with E-state index in [4.69, 9.17) is 17.3 Å². The highest BCUT2D eigenvalue weighted by atomic mass is 35.5. The molecule has 0 aromatic carbocycles. The van der Waals surface area contributed by atoms with Crippen LogP contribution in [0, 0.1) is 0 Å². The lowest BCUT2D eigenvalue weighted by atomic mass is 10.3. The molecule has 1 heterocycles. The van der Waals surface area contributed by atoms with Crippen LogP contribution in [-0.4, -0.2) is 44.1 Å². The molecule has 1 aromatic heterocycles. The predicted molar refractivity (Wildman–Crippen MR) is 65.5 cm³/mol. The summed E-state index contributed by atoms with van der Waals surface area (Å²) in [6.07, 6.45) is 0. The van der Waals surface area contributed by atoms with E-state index in [2.05, 4.69) is 9.88 Å². The Kier molecular flexibility index (Phi) is 4.17. The lowest BCUT2D eigenvalue weighted by Gasteiger charge is -2.21. The van der Waals surface area contributed by atoms with Crippen LogP contribution in [-0.2, 0) is 0 Å². The third-order valence-electron chi connectivity index (χ3n) is 2.12. The van der Waals surface area contributed by atoms with Gasteiger partial charge in [-0.25, -0.2) is 4.98 Å². The average molecular weight is 229 g/mol. The van der Waals surface area contributed by atoms with Crippen molar-refractivity contribution in [3.05, 3.63) is 17.3 Å². The first-order valence-electron chi connectivity index (χ1n) is 4.78. The number of hydrogen-bond donors (Lipinski definition) is 1. The van der Waals surface area contributed by atoms with Crippen molar-refractivity contribution in [2.24, 2.45) is 0 Å². The summed E-state index contributed by atoms with van der Waals surface area (Å²) in [4.78, 5) is 8.31. The van der Waals surface area contributed by atoms with E-state index in [0.717, 1.165) is 18.9 Å². The van der Waals surface area contributed by atoms with Gasteiger partial charge in [0, 0.05) is 20.1 Å². The number of anilines is 2. The van der Waals surface area contributed by atoms with Gasteiger partial charge in [-0.2, -0.15) is 0 Å². The number of aromatic nitrogens is 1. The van der Waals surface area contributed by atoms with Crippen LogP contribution in [0.1, 0.15) is 0 Å². The van der Waals surface area contributed by atoms with Gasteiger partial charge in [0.05, 0.1) is 5.69 Å². The molecule has 2 N–H and O–H groups in total. The fourth-order valence-corrected chi connectivity index (χ4v) is 1.34. The van der Waals surface area contributed by atoms with Crippen molar-refractivity contribution in [3.8, 4) is 0 Å². The van der Waals surface area contributed by atoms with Gasteiger partial charge in [-0.3, -0.25) is 0 Å². The summed E-state index contributed by atoms with van der Waals surface area (Å²) < 4.78 is 0. The van der Waals surface area contributed by atoms with E-state index in [-0.39, 0.29) is 0 Å². The summed E-state index contributed by atoms with van der Waals surface area (Å²) in [5.41, 5.74) is 6.47. The van der Waals surface area contributed by atoms with Gasteiger partial charge in [-0.15, -0.1) is 0 Å². The number of pyridine rings is 1. The predicted octanol–water partition coefficient (Wildman–Crippen LogP) is 1.31. The van der Waals surface area contributed by atoms with Crippen LogP contribution >= 0.6 is 11.6 Å². The van der Waals surface area contributed by atoms with E-state index in [0.29, 0.717) is 10.8 Å². The third kappa shape index (κ3) is 3.57. The highest BCUT2D eigenvalue weighted by molar-refractivity contribution is 6.29. The molecule has 0 saturated carbocycles. The summed E-state index contributed by atoms with van der Waals surface area (Å²) in [5, 5.41) is 0.468. The second-order valence-corrected chi connectivity index (χ2v) is 4.16. The Labute approximate surface area is 95.6 Å². The first kappa shape index (κ1) is 12.1.